The van der Waals surface area contributed by atoms with Crippen LogP contribution >= 0.6 is 11.6 Å². The lowest BCUT2D eigenvalue weighted by molar-refractivity contribution is -0.139. The minimum Gasteiger partial charge on any atom is -0.340 e. The van der Waals surface area contributed by atoms with Gasteiger partial charge in [-0.05, 0) is 48.1 Å². The number of hydrogen-bond donors (Lipinski definition) is 1. The Morgan fingerprint density at radius 3 is 2.61 bits per heavy atom. The van der Waals surface area contributed by atoms with Crippen LogP contribution in [0.2, 0.25) is 5.02 Å². The zero-order valence-corrected chi connectivity index (χ0v) is 19.2. The second-order valence-corrected chi connectivity index (χ2v) is 9.46. The highest BCUT2D eigenvalue weighted by Crippen LogP contribution is 2.41. The molecule has 5 rings (SSSR count). The summed E-state index contributed by atoms with van der Waals surface area (Å²) >= 11 is 5.98. The van der Waals surface area contributed by atoms with Gasteiger partial charge in [0.25, 0.3) is 5.91 Å². The molecule has 3 aliphatic rings. The highest BCUT2D eigenvalue weighted by molar-refractivity contribution is 6.30. The zero-order valence-electron chi connectivity index (χ0n) is 18.4. The lowest BCUT2D eigenvalue weighted by Crippen LogP contribution is -2.45. The number of nitrogens with one attached hydrogen (secondary N) is 1. The van der Waals surface area contributed by atoms with Crippen molar-refractivity contribution >= 4 is 29.4 Å². The maximum Gasteiger partial charge on any atom is 0.325 e. The van der Waals surface area contributed by atoms with Crippen LogP contribution < -0.4 is 5.32 Å². The van der Waals surface area contributed by atoms with Crippen LogP contribution in [-0.2, 0) is 28.1 Å². The number of halogens is 1. The summed E-state index contributed by atoms with van der Waals surface area (Å²) in [5.74, 6) is -0.500. The van der Waals surface area contributed by atoms with Gasteiger partial charge in [-0.3, -0.25) is 19.4 Å². The van der Waals surface area contributed by atoms with E-state index in [0.29, 0.717) is 19.5 Å². The summed E-state index contributed by atoms with van der Waals surface area (Å²) in [6, 6.07) is 15.0. The number of hydrogen-bond acceptors (Lipinski definition) is 4. The molecule has 2 heterocycles. The van der Waals surface area contributed by atoms with Crippen molar-refractivity contribution < 1.29 is 14.4 Å². The Hall–Kier alpha value is -2.90. The van der Waals surface area contributed by atoms with Crippen molar-refractivity contribution in [2.24, 2.45) is 0 Å². The summed E-state index contributed by atoms with van der Waals surface area (Å²) in [7, 11) is 0. The first-order valence-electron chi connectivity index (χ1n) is 11.4. The summed E-state index contributed by atoms with van der Waals surface area (Å²) in [5, 5.41) is 3.61. The third-order valence-electron chi connectivity index (χ3n) is 6.98. The van der Waals surface area contributed by atoms with Gasteiger partial charge in [-0.25, -0.2) is 4.79 Å². The second-order valence-electron chi connectivity index (χ2n) is 9.02. The summed E-state index contributed by atoms with van der Waals surface area (Å²) in [6.45, 7) is 3.40. The van der Waals surface area contributed by atoms with Gasteiger partial charge in [0.2, 0.25) is 5.91 Å². The number of nitrogens with zero attached hydrogens (tertiary/aromatic N) is 3. The molecule has 33 heavy (non-hydrogen) atoms. The number of urea groups is 1. The average molecular weight is 467 g/mol. The fourth-order valence-electron chi connectivity index (χ4n) is 5.19. The standard InChI is InChI=1S/C25H27ClN4O3/c26-20-8-6-18(7-9-20)16-28-12-3-13-29(15-14-28)22(31)17-30-23(32)25(27-24(30)33)11-10-19-4-1-2-5-21(19)25/h1-2,4-9H,3,10-17H2,(H,27,33). The molecule has 2 aromatic rings. The second kappa shape index (κ2) is 8.80. The van der Waals surface area contributed by atoms with Crippen molar-refractivity contribution in [1.82, 2.24) is 20.0 Å². The first-order valence-corrected chi connectivity index (χ1v) is 11.8. The molecule has 0 aromatic heterocycles. The lowest BCUT2D eigenvalue weighted by atomic mass is 9.92. The molecular formula is C25H27ClN4O3. The number of carbonyl (C=O) groups is 3. The number of amides is 4. The number of benzene rings is 2. The van der Waals surface area contributed by atoms with Crippen molar-refractivity contribution in [1.29, 1.82) is 0 Å². The molecule has 4 amide bonds. The quantitative estimate of drug-likeness (QED) is 0.703. The molecule has 2 saturated heterocycles. The number of carbonyl (C=O) groups excluding carboxylic acids is 3. The van der Waals surface area contributed by atoms with Crippen molar-refractivity contribution in [2.75, 3.05) is 32.7 Å². The molecule has 7 nitrogen and oxygen atoms in total. The van der Waals surface area contributed by atoms with Crippen LogP contribution in [0.25, 0.3) is 0 Å². The Bertz CT molecular complexity index is 1090. The highest BCUT2D eigenvalue weighted by atomic mass is 35.5. The van der Waals surface area contributed by atoms with Crippen molar-refractivity contribution in [3.05, 3.63) is 70.2 Å². The fraction of sp³-hybridized carbons (Fsp3) is 0.400. The third kappa shape index (κ3) is 4.11. The van der Waals surface area contributed by atoms with Crippen molar-refractivity contribution in [2.45, 2.75) is 31.3 Å². The van der Waals surface area contributed by atoms with Crippen molar-refractivity contribution in [3.8, 4) is 0 Å². The number of fused-ring (bicyclic) bond motifs is 2. The Balaban J connectivity index is 1.21. The van der Waals surface area contributed by atoms with Crippen LogP contribution in [0, 0.1) is 0 Å². The molecule has 2 fully saturated rings. The molecule has 172 valence electrons. The Morgan fingerprint density at radius 2 is 1.79 bits per heavy atom. The van der Waals surface area contributed by atoms with E-state index in [4.69, 9.17) is 11.6 Å². The van der Waals surface area contributed by atoms with E-state index < -0.39 is 11.6 Å². The Kier molecular flexibility index (Phi) is 5.85. The van der Waals surface area contributed by atoms with E-state index in [2.05, 4.69) is 10.2 Å². The average Bonchev–Trinajstić information content (AvgIpc) is 3.17. The van der Waals surface area contributed by atoms with Crippen LogP contribution in [0.15, 0.2) is 48.5 Å². The normalized spacial score (nSPS) is 23.1. The predicted molar refractivity (Wildman–Crippen MR) is 125 cm³/mol. The smallest absolute Gasteiger partial charge is 0.325 e. The van der Waals surface area contributed by atoms with Crippen LogP contribution in [-0.4, -0.2) is 65.3 Å². The van der Waals surface area contributed by atoms with Gasteiger partial charge < -0.3 is 10.2 Å². The van der Waals surface area contributed by atoms with Crippen LogP contribution in [0.5, 0.6) is 0 Å². The molecule has 8 heteroatoms. The summed E-state index contributed by atoms with van der Waals surface area (Å²) in [6.07, 6.45) is 2.11. The summed E-state index contributed by atoms with van der Waals surface area (Å²) in [4.78, 5) is 44.3. The van der Waals surface area contributed by atoms with Gasteiger partial charge in [-0.2, -0.15) is 0 Å². The number of aryl methyl sites for hydroxylation is 1. The Morgan fingerprint density at radius 1 is 1.00 bits per heavy atom. The molecule has 2 aromatic carbocycles. The molecule has 2 aliphatic heterocycles. The molecule has 1 spiro atoms. The molecule has 0 saturated carbocycles. The van der Waals surface area contributed by atoms with E-state index in [1.807, 2.05) is 48.5 Å². The van der Waals surface area contributed by atoms with Gasteiger partial charge in [0.15, 0.2) is 0 Å². The van der Waals surface area contributed by atoms with E-state index in [-0.39, 0.29) is 18.4 Å². The zero-order chi connectivity index (χ0) is 23.0. The van der Waals surface area contributed by atoms with Crippen molar-refractivity contribution in [3.63, 3.8) is 0 Å². The predicted octanol–water partition coefficient (Wildman–Crippen LogP) is 2.77. The number of rotatable bonds is 4. The molecule has 0 radical (unpaired) electrons. The summed E-state index contributed by atoms with van der Waals surface area (Å²) < 4.78 is 0. The van der Waals surface area contributed by atoms with E-state index >= 15 is 0 Å². The first-order chi connectivity index (χ1) is 16.0. The molecule has 0 bridgehead atoms. The minimum atomic E-state index is -1.03. The molecule has 1 aliphatic carbocycles. The largest absolute Gasteiger partial charge is 0.340 e. The van der Waals surface area contributed by atoms with Gasteiger partial charge in [-0.1, -0.05) is 48.0 Å². The van der Waals surface area contributed by atoms with E-state index in [1.165, 1.54) is 5.56 Å². The highest BCUT2D eigenvalue weighted by Gasteiger charge is 2.55. The Labute approximate surface area is 198 Å². The SMILES string of the molecule is O=C(CN1C(=O)NC2(CCc3ccccc32)C1=O)N1CCCN(Cc2ccc(Cl)cc2)CC1. The topological polar surface area (TPSA) is 73.0 Å². The van der Waals surface area contributed by atoms with E-state index in [0.717, 1.165) is 53.5 Å². The molecule has 1 unspecified atom stereocenters. The monoisotopic (exact) mass is 466 g/mol. The van der Waals surface area contributed by atoms with Gasteiger partial charge in [0, 0.05) is 37.7 Å². The number of imide groups is 1. The maximum absolute atomic E-state index is 13.3. The minimum absolute atomic E-state index is 0.185. The van der Waals surface area contributed by atoms with Crippen LogP contribution in [0.4, 0.5) is 4.79 Å². The van der Waals surface area contributed by atoms with Gasteiger partial charge in [0.1, 0.15) is 12.1 Å². The van der Waals surface area contributed by atoms with Gasteiger partial charge >= 0.3 is 6.03 Å². The van der Waals surface area contributed by atoms with Gasteiger partial charge in [0.05, 0.1) is 0 Å². The third-order valence-corrected chi connectivity index (χ3v) is 7.23. The molecule has 1 N–H and O–H groups in total. The summed E-state index contributed by atoms with van der Waals surface area (Å²) in [5.41, 5.74) is 2.08. The molecular weight excluding hydrogens is 440 g/mol. The first kappa shape index (κ1) is 21.9. The fourth-order valence-corrected chi connectivity index (χ4v) is 5.32. The van der Waals surface area contributed by atoms with Crippen LogP contribution in [0.1, 0.15) is 29.5 Å². The van der Waals surface area contributed by atoms with E-state index in [9.17, 15) is 14.4 Å². The molecule has 1 atom stereocenters. The van der Waals surface area contributed by atoms with E-state index in [1.54, 1.807) is 4.90 Å². The van der Waals surface area contributed by atoms with Gasteiger partial charge in [-0.15, -0.1) is 0 Å². The maximum atomic E-state index is 13.3. The lowest BCUT2D eigenvalue weighted by Gasteiger charge is -2.25. The van der Waals surface area contributed by atoms with Crippen LogP contribution in [0.3, 0.4) is 0 Å².